The standard InChI is InChI=1S/C22H26N4O3/c27-22(24-21-5-2-10-23-25-21)26-11-6-17(7-12-26)15-18-3-1-4-20(16-18)29-19-8-13-28-14-9-19/h1-5,10,15-16,19H,6-9,11-14H2,(H,24,25,27). The van der Waals surface area contributed by atoms with Crippen molar-refractivity contribution in [3.05, 3.63) is 53.7 Å². The van der Waals surface area contributed by atoms with Gasteiger partial charge in [-0.25, -0.2) is 4.79 Å². The van der Waals surface area contributed by atoms with Gasteiger partial charge < -0.3 is 14.4 Å². The molecular formula is C22H26N4O3. The Morgan fingerprint density at radius 2 is 2.00 bits per heavy atom. The van der Waals surface area contributed by atoms with Crippen molar-refractivity contribution >= 4 is 17.9 Å². The number of amides is 2. The topological polar surface area (TPSA) is 76.6 Å². The van der Waals surface area contributed by atoms with E-state index in [0.717, 1.165) is 50.2 Å². The average molecular weight is 394 g/mol. The molecule has 0 atom stereocenters. The zero-order chi connectivity index (χ0) is 19.9. The minimum Gasteiger partial charge on any atom is -0.490 e. The molecule has 1 N–H and O–H groups in total. The maximum Gasteiger partial charge on any atom is 0.323 e. The number of urea groups is 1. The molecule has 0 spiro atoms. The van der Waals surface area contributed by atoms with E-state index in [0.29, 0.717) is 18.9 Å². The van der Waals surface area contributed by atoms with Crippen LogP contribution in [0, 0.1) is 0 Å². The van der Waals surface area contributed by atoms with Gasteiger partial charge in [0.2, 0.25) is 0 Å². The Hall–Kier alpha value is -2.93. The van der Waals surface area contributed by atoms with Gasteiger partial charge in [-0.05, 0) is 42.7 Å². The Morgan fingerprint density at radius 1 is 1.17 bits per heavy atom. The van der Waals surface area contributed by atoms with E-state index in [1.807, 2.05) is 17.0 Å². The van der Waals surface area contributed by atoms with E-state index >= 15 is 0 Å². The predicted molar refractivity (Wildman–Crippen MR) is 111 cm³/mol. The van der Waals surface area contributed by atoms with Crippen LogP contribution in [0.15, 0.2) is 48.2 Å². The van der Waals surface area contributed by atoms with Crippen LogP contribution in [0.25, 0.3) is 6.08 Å². The number of rotatable bonds is 4. The van der Waals surface area contributed by atoms with Crippen LogP contribution in [0.3, 0.4) is 0 Å². The van der Waals surface area contributed by atoms with Crippen LogP contribution in [0.5, 0.6) is 5.75 Å². The molecule has 2 aliphatic heterocycles. The lowest BCUT2D eigenvalue weighted by Gasteiger charge is -2.28. The van der Waals surface area contributed by atoms with Gasteiger partial charge in [0.25, 0.3) is 0 Å². The highest BCUT2D eigenvalue weighted by Gasteiger charge is 2.19. The van der Waals surface area contributed by atoms with Crippen LogP contribution in [-0.2, 0) is 4.74 Å². The molecule has 0 aliphatic carbocycles. The predicted octanol–water partition coefficient (Wildman–Crippen LogP) is 3.75. The number of nitrogens with zero attached hydrogens (tertiary/aromatic N) is 3. The van der Waals surface area contributed by atoms with Crippen molar-refractivity contribution in [2.45, 2.75) is 31.8 Å². The molecule has 0 bridgehead atoms. The van der Waals surface area contributed by atoms with Gasteiger partial charge in [-0.15, -0.1) is 5.10 Å². The van der Waals surface area contributed by atoms with Crippen LogP contribution in [0.4, 0.5) is 10.6 Å². The highest BCUT2D eigenvalue weighted by Crippen LogP contribution is 2.24. The van der Waals surface area contributed by atoms with Gasteiger partial charge >= 0.3 is 6.03 Å². The molecule has 152 valence electrons. The Bertz CT molecular complexity index is 840. The molecule has 1 aromatic carbocycles. The number of carbonyl (C=O) groups is 1. The van der Waals surface area contributed by atoms with E-state index in [9.17, 15) is 4.79 Å². The zero-order valence-electron chi connectivity index (χ0n) is 16.4. The molecule has 4 rings (SSSR count). The summed E-state index contributed by atoms with van der Waals surface area (Å²) in [6, 6.07) is 11.6. The molecule has 2 saturated heterocycles. The maximum atomic E-state index is 12.4. The molecule has 7 nitrogen and oxygen atoms in total. The SMILES string of the molecule is O=C(Nc1cccnn1)N1CCC(=Cc2cccc(OC3CCOCC3)c2)CC1. The third kappa shape index (κ3) is 5.54. The summed E-state index contributed by atoms with van der Waals surface area (Å²) in [5, 5.41) is 10.5. The van der Waals surface area contributed by atoms with Crippen molar-refractivity contribution < 1.29 is 14.3 Å². The molecule has 2 aliphatic rings. The van der Waals surface area contributed by atoms with E-state index < -0.39 is 0 Å². The van der Waals surface area contributed by atoms with Gasteiger partial charge in [0.15, 0.2) is 5.82 Å². The number of piperidine rings is 1. The molecule has 2 fully saturated rings. The Labute approximate surface area is 170 Å². The normalized spacial score (nSPS) is 17.7. The second kappa shape index (κ2) is 9.52. The van der Waals surface area contributed by atoms with Crippen LogP contribution in [0.2, 0.25) is 0 Å². The highest BCUT2D eigenvalue weighted by molar-refractivity contribution is 5.88. The van der Waals surface area contributed by atoms with Gasteiger partial charge in [0, 0.05) is 32.1 Å². The number of nitrogens with one attached hydrogen (secondary N) is 1. The summed E-state index contributed by atoms with van der Waals surface area (Å²) in [5.41, 5.74) is 2.48. The molecule has 2 aromatic rings. The largest absolute Gasteiger partial charge is 0.490 e. The van der Waals surface area contributed by atoms with E-state index in [1.54, 1.807) is 18.3 Å². The lowest BCUT2D eigenvalue weighted by molar-refractivity contribution is 0.0255. The molecule has 3 heterocycles. The molecule has 7 heteroatoms. The fraction of sp³-hybridized carbons (Fsp3) is 0.409. The van der Waals surface area contributed by atoms with Crippen LogP contribution in [-0.4, -0.2) is 53.5 Å². The van der Waals surface area contributed by atoms with Crippen molar-refractivity contribution in [2.75, 3.05) is 31.6 Å². The lowest BCUT2D eigenvalue weighted by atomic mass is 10.0. The van der Waals surface area contributed by atoms with E-state index in [4.69, 9.17) is 9.47 Å². The first-order valence-corrected chi connectivity index (χ1v) is 10.1. The number of benzene rings is 1. The van der Waals surface area contributed by atoms with Crippen molar-refractivity contribution in [3.8, 4) is 5.75 Å². The summed E-state index contributed by atoms with van der Waals surface area (Å²) in [5.74, 6) is 1.38. The number of anilines is 1. The average Bonchev–Trinajstić information content (AvgIpc) is 2.76. The summed E-state index contributed by atoms with van der Waals surface area (Å²) < 4.78 is 11.5. The fourth-order valence-electron chi connectivity index (χ4n) is 3.60. The molecule has 1 aromatic heterocycles. The number of hydrogen-bond acceptors (Lipinski definition) is 5. The second-order valence-corrected chi connectivity index (χ2v) is 7.33. The maximum absolute atomic E-state index is 12.4. The van der Waals surface area contributed by atoms with E-state index in [-0.39, 0.29) is 12.1 Å². The van der Waals surface area contributed by atoms with Crippen molar-refractivity contribution in [1.29, 1.82) is 0 Å². The summed E-state index contributed by atoms with van der Waals surface area (Å²) in [6.45, 7) is 2.93. The van der Waals surface area contributed by atoms with Crippen LogP contribution >= 0.6 is 0 Å². The molecule has 2 amide bonds. The lowest BCUT2D eigenvalue weighted by Crippen LogP contribution is -2.39. The monoisotopic (exact) mass is 394 g/mol. The van der Waals surface area contributed by atoms with Gasteiger partial charge in [-0.3, -0.25) is 5.32 Å². The quantitative estimate of drug-likeness (QED) is 0.855. The molecule has 0 radical (unpaired) electrons. The second-order valence-electron chi connectivity index (χ2n) is 7.33. The molecule has 0 unspecified atom stereocenters. The smallest absolute Gasteiger partial charge is 0.323 e. The summed E-state index contributed by atoms with van der Waals surface area (Å²) >= 11 is 0. The van der Waals surface area contributed by atoms with Crippen molar-refractivity contribution in [1.82, 2.24) is 15.1 Å². The number of hydrogen-bond donors (Lipinski definition) is 1. The van der Waals surface area contributed by atoms with Crippen LogP contribution in [0.1, 0.15) is 31.2 Å². The number of aromatic nitrogens is 2. The Balaban J connectivity index is 1.31. The summed E-state index contributed by atoms with van der Waals surface area (Å²) in [4.78, 5) is 14.2. The summed E-state index contributed by atoms with van der Waals surface area (Å²) in [7, 11) is 0. The van der Waals surface area contributed by atoms with E-state index in [2.05, 4.69) is 33.7 Å². The van der Waals surface area contributed by atoms with Gasteiger partial charge in [0.1, 0.15) is 11.9 Å². The molecular weight excluding hydrogens is 368 g/mol. The number of carbonyl (C=O) groups excluding carboxylic acids is 1. The third-order valence-electron chi connectivity index (χ3n) is 5.20. The summed E-state index contributed by atoms with van der Waals surface area (Å²) in [6.07, 6.45) is 7.64. The fourth-order valence-corrected chi connectivity index (χ4v) is 3.60. The molecule has 29 heavy (non-hydrogen) atoms. The highest BCUT2D eigenvalue weighted by atomic mass is 16.5. The Kier molecular flexibility index (Phi) is 6.36. The van der Waals surface area contributed by atoms with Crippen molar-refractivity contribution in [3.63, 3.8) is 0 Å². The first kappa shape index (κ1) is 19.4. The number of ether oxygens (including phenoxy) is 2. The van der Waals surface area contributed by atoms with Gasteiger partial charge in [-0.2, -0.15) is 5.10 Å². The van der Waals surface area contributed by atoms with Crippen molar-refractivity contribution in [2.24, 2.45) is 0 Å². The van der Waals surface area contributed by atoms with E-state index in [1.165, 1.54) is 5.57 Å². The Morgan fingerprint density at radius 3 is 2.76 bits per heavy atom. The van der Waals surface area contributed by atoms with Gasteiger partial charge in [0.05, 0.1) is 13.2 Å². The first-order chi connectivity index (χ1) is 14.3. The number of likely N-dealkylation sites (tertiary alicyclic amines) is 1. The minimum absolute atomic E-state index is 0.128. The zero-order valence-corrected chi connectivity index (χ0v) is 16.4. The third-order valence-corrected chi connectivity index (χ3v) is 5.20. The first-order valence-electron chi connectivity index (χ1n) is 10.1. The minimum atomic E-state index is -0.128. The van der Waals surface area contributed by atoms with Gasteiger partial charge in [-0.1, -0.05) is 23.8 Å². The van der Waals surface area contributed by atoms with Crippen LogP contribution < -0.4 is 10.1 Å². The molecule has 0 saturated carbocycles.